The Labute approximate surface area is 94.7 Å². The Balaban J connectivity index is 3.10. The highest BCUT2D eigenvalue weighted by Gasteiger charge is 1.88. The first-order chi connectivity index (χ1) is 5.81. The van der Waals surface area contributed by atoms with Gasteiger partial charge >= 0.3 is 0 Å². The van der Waals surface area contributed by atoms with E-state index in [2.05, 4.69) is 41.8 Å². The Morgan fingerprint density at radius 3 is 2.50 bits per heavy atom. The van der Waals surface area contributed by atoms with Crippen molar-refractivity contribution in [3.8, 4) is 0 Å². The summed E-state index contributed by atoms with van der Waals surface area (Å²) in [5, 5.41) is 0. The Bertz CT molecular complexity index is 121. The number of hydrogen-bond acceptors (Lipinski definition) is 1. The summed E-state index contributed by atoms with van der Waals surface area (Å²) in [7, 11) is 0. The molecule has 0 saturated heterocycles. The summed E-state index contributed by atoms with van der Waals surface area (Å²) in [5.41, 5.74) is 0. The van der Waals surface area contributed by atoms with Crippen LogP contribution in [0, 0.1) is 0 Å². The fourth-order valence-corrected chi connectivity index (χ4v) is 1.64. The second-order valence-corrected chi connectivity index (χ2v) is 5.66. The first-order valence-corrected chi connectivity index (χ1v) is 7.01. The van der Waals surface area contributed by atoms with Crippen LogP contribution in [0.3, 0.4) is 0 Å². The number of halogens is 1. The number of hydrogen-bond donors (Lipinski definition) is 0. The van der Waals surface area contributed by atoms with Crippen LogP contribution in [0.1, 0.15) is 45.4 Å². The molecule has 0 atom stereocenters. The van der Waals surface area contributed by atoms with Crippen molar-refractivity contribution in [1.29, 1.82) is 0 Å². The molecule has 0 aromatic carbocycles. The van der Waals surface area contributed by atoms with Crippen LogP contribution in [0.2, 0.25) is 0 Å². The van der Waals surface area contributed by atoms with Crippen LogP contribution in [-0.4, -0.2) is 6.26 Å². The molecule has 0 aliphatic rings. The molecule has 0 aromatic heterocycles. The zero-order valence-corrected chi connectivity index (χ0v) is 11.1. The highest BCUT2D eigenvalue weighted by molar-refractivity contribution is 14.1. The van der Waals surface area contributed by atoms with Crippen molar-refractivity contribution in [1.82, 2.24) is 0 Å². The van der Waals surface area contributed by atoms with E-state index >= 15 is 0 Å². The van der Waals surface area contributed by atoms with Crippen LogP contribution in [0.5, 0.6) is 0 Å². The van der Waals surface area contributed by atoms with E-state index in [1.807, 2.05) is 11.8 Å². The van der Waals surface area contributed by atoms with Crippen molar-refractivity contribution < 1.29 is 0 Å². The van der Waals surface area contributed by atoms with Gasteiger partial charge in [-0.1, -0.05) is 38.7 Å². The summed E-state index contributed by atoms with van der Waals surface area (Å²) >= 11 is 4.24. The number of allylic oxidation sites excluding steroid dienone is 1. The molecule has 0 unspecified atom stereocenters. The summed E-state index contributed by atoms with van der Waals surface area (Å²) in [5.74, 6) is 0. The minimum absolute atomic E-state index is 1.27. The van der Waals surface area contributed by atoms with E-state index in [1.54, 1.807) is 0 Å². The fraction of sp³-hybridized carbons (Fsp3) is 0.800. The van der Waals surface area contributed by atoms with Gasteiger partial charge in [0.2, 0.25) is 0 Å². The standard InChI is InChI=1S/C10H19IS/c1-3-4-5-6-7-8-9-10(11)12-2/h9H,3-8H2,1-2H3/b10-9+. The van der Waals surface area contributed by atoms with Crippen LogP contribution < -0.4 is 0 Å². The van der Waals surface area contributed by atoms with Crippen molar-refractivity contribution >= 4 is 34.4 Å². The van der Waals surface area contributed by atoms with E-state index in [1.165, 1.54) is 41.4 Å². The lowest BCUT2D eigenvalue weighted by Crippen LogP contribution is -1.76. The van der Waals surface area contributed by atoms with Gasteiger partial charge in [0, 0.05) is 2.91 Å². The van der Waals surface area contributed by atoms with Gasteiger partial charge in [-0.15, -0.1) is 11.8 Å². The molecule has 2 heteroatoms. The Kier molecular flexibility index (Phi) is 10.6. The molecule has 0 spiro atoms. The van der Waals surface area contributed by atoms with Crippen LogP contribution in [0.25, 0.3) is 0 Å². The highest BCUT2D eigenvalue weighted by Crippen LogP contribution is 2.20. The van der Waals surface area contributed by atoms with Gasteiger partial charge in [-0.2, -0.15) is 0 Å². The molecule has 0 bridgehead atoms. The molecule has 0 aliphatic carbocycles. The molecular formula is C10H19IS. The molecule has 0 aromatic rings. The maximum Gasteiger partial charge on any atom is 0.0414 e. The average Bonchev–Trinajstić information content (AvgIpc) is 2.10. The molecule has 0 radical (unpaired) electrons. The van der Waals surface area contributed by atoms with E-state index in [9.17, 15) is 0 Å². The minimum Gasteiger partial charge on any atom is -0.123 e. The van der Waals surface area contributed by atoms with Gasteiger partial charge in [0.25, 0.3) is 0 Å². The van der Waals surface area contributed by atoms with Crippen molar-refractivity contribution in [2.24, 2.45) is 0 Å². The molecular weight excluding hydrogens is 279 g/mol. The number of unbranched alkanes of at least 4 members (excludes halogenated alkanes) is 5. The Morgan fingerprint density at radius 1 is 1.25 bits per heavy atom. The topological polar surface area (TPSA) is 0 Å². The van der Waals surface area contributed by atoms with E-state index in [0.717, 1.165) is 0 Å². The van der Waals surface area contributed by atoms with Gasteiger partial charge in [0.05, 0.1) is 0 Å². The third kappa shape index (κ3) is 8.91. The fourth-order valence-electron chi connectivity index (χ4n) is 1.05. The summed E-state index contributed by atoms with van der Waals surface area (Å²) < 4.78 is 1.43. The maximum absolute atomic E-state index is 2.40. The van der Waals surface area contributed by atoms with Gasteiger partial charge in [-0.3, -0.25) is 0 Å². The Hall–Kier alpha value is 0.820. The molecule has 72 valence electrons. The first kappa shape index (κ1) is 12.8. The zero-order valence-electron chi connectivity index (χ0n) is 8.11. The predicted molar refractivity (Wildman–Crippen MR) is 69.0 cm³/mol. The van der Waals surface area contributed by atoms with Crippen molar-refractivity contribution in [3.63, 3.8) is 0 Å². The van der Waals surface area contributed by atoms with Crippen LogP contribution in [0.15, 0.2) is 8.99 Å². The van der Waals surface area contributed by atoms with Crippen molar-refractivity contribution in [2.45, 2.75) is 45.4 Å². The van der Waals surface area contributed by atoms with Gasteiger partial charge < -0.3 is 0 Å². The Morgan fingerprint density at radius 2 is 1.92 bits per heavy atom. The van der Waals surface area contributed by atoms with E-state index in [4.69, 9.17) is 0 Å². The minimum atomic E-state index is 1.27. The maximum atomic E-state index is 2.40. The number of thioether (sulfide) groups is 1. The van der Waals surface area contributed by atoms with E-state index < -0.39 is 0 Å². The molecule has 0 rings (SSSR count). The first-order valence-electron chi connectivity index (χ1n) is 4.71. The molecule has 0 heterocycles. The molecule has 0 amide bonds. The lowest BCUT2D eigenvalue weighted by Gasteiger charge is -1.97. The van der Waals surface area contributed by atoms with Crippen LogP contribution in [-0.2, 0) is 0 Å². The quantitative estimate of drug-likeness (QED) is 0.471. The largest absolute Gasteiger partial charge is 0.123 e. The molecule has 0 N–H and O–H groups in total. The molecule has 12 heavy (non-hydrogen) atoms. The van der Waals surface area contributed by atoms with Crippen LogP contribution >= 0.6 is 34.4 Å². The highest BCUT2D eigenvalue weighted by atomic mass is 127. The van der Waals surface area contributed by atoms with Crippen LogP contribution in [0.4, 0.5) is 0 Å². The van der Waals surface area contributed by atoms with Gasteiger partial charge in [0.1, 0.15) is 0 Å². The number of rotatable bonds is 7. The normalized spacial score (nSPS) is 12.1. The second kappa shape index (κ2) is 9.90. The zero-order chi connectivity index (χ0) is 9.23. The smallest absolute Gasteiger partial charge is 0.0414 e. The predicted octanol–water partition coefficient (Wildman–Crippen LogP) is 4.99. The SMILES string of the molecule is CCCCCCC/C=C(\I)SC. The van der Waals surface area contributed by atoms with Gasteiger partial charge in [-0.05, 0) is 41.7 Å². The van der Waals surface area contributed by atoms with Crippen molar-refractivity contribution in [3.05, 3.63) is 8.99 Å². The summed E-state index contributed by atoms with van der Waals surface area (Å²) in [6.07, 6.45) is 12.7. The second-order valence-electron chi connectivity index (χ2n) is 2.92. The molecule has 0 aliphatic heterocycles. The molecule has 0 nitrogen and oxygen atoms in total. The lowest BCUT2D eigenvalue weighted by atomic mass is 10.1. The molecule has 0 fully saturated rings. The van der Waals surface area contributed by atoms with Gasteiger partial charge in [0.15, 0.2) is 0 Å². The van der Waals surface area contributed by atoms with Gasteiger partial charge in [-0.25, -0.2) is 0 Å². The summed E-state index contributed by atoms with van der Waals surface area (Å²) in [6.45, 7) is 2.26. The van der Waals surface area contributed by atoms with E-state index in [-0.39, 0.29) is 0 Å². The lowest BCUT2D eigenvalue weighted by molar-refractivity contribution is 0.637. The summed E-state index contributed by atoms with van der Waals surface area (Å²) in [6, 6.07) is 0. The average molecular weight is 298 g/mol. The third-order valence-corrected chi connectivity index (χ3v) is 4.13. The molecule has 0 saturated carbocycles. The summed E-state index contributed by atoms with van der Waals surface area (Å²) in [4.78, 5) is 0. The van der Waals surface area contributed by atoms with E-state index in [0.29, 0.717) is 0 Å². The monoisotopic (exact) mass is 298 g/mol. The van der Waals surface area contributed by atoms with Crippen molar-refractivity contribution in [2.75, 3.05) is 6.26 Å². The third-order valence-electron chi connectivity index (χ3n) is 1.81.